The molecule has 6 nitrogen and oxygen atoms in total. The number of amides is 1. The minimum Gasteiger partial charge on any atom is -0.326 e. The van der Waals surface area contributed by atoms with Gasteiger partial charge in [-0.05, 0) is 40.6 Å². The summed E-state index contributed by atoms with van der Waals surface area (Å²) in [5.74, 6) is -0.0160. The smallest absolute Gasteiger partial charge is 0.224 e. The van der Waals surface area contributed by atoms with Crippen LogP contribution in [0.2, 0.25) is 0 Å². The van der Waals surface area contributed by atoms with E-state index in [0.717, 1.165) is 23.4 Å². The van der Waals surface area contributed by atoms with Crippen LogP contribution in [0, 0.1) is 0 Å². The molecule has 2 aromatic carbocycles. The topological polar surface area (TPSA) is 72.7 Å². The van der Waals surface area contributed by atoms with E-state index < -0.39 is 0 Å². The highest BCUT2D eigenvalue weighted by molar-refractivity contribution is 5.91. The van der Waals surface area contributed by atoms with Crippen molar-refractivity contribution in [2.75, 3.05) is 5.32 Å². The third-order valence-electron chi connectivity index (χ3n) is 3.23. The summed E-state index contributed by atoms with van der Waals surface area (Å²) < 4.78 is 1.54. The number of tetrazole rings is 1. The number of hydrogen-bond acceptors (Lipinski definition) is 4. The van der Waals surface area contributed by atoms with Gasteiger partial charge in [0.15, 0.2) is 0 Å². The van der Waals surface area contributed by atoms with Crippen molar-refractivity contribution in [3.8, 4) is 5.69 Å². The number of rotatable bonds is 5. The quantitative estimate of drug-likeness (QED) is 0.783. The van der Waals surface area contributed by atoms with Gasteiger partial charge in [0.1, 0.15) is 6.33 Å². The van der Waals surface area contributed by atoms with Crippen LogP contribution in [0.1, 0.15) is 12.0 Å². The van der Waals surface area contributed by atoms with Gasteiger partial charge in [-0.2, -0.15) is 0 Å². The standard InChI is InChI=1S/C16H15N5O/c22-16(10-9-13-5-2-1-3-6-13)18-14-7-4-8-15(11-14)21-12-17-19-20-21/h1-8,11-12H,9-10H2,(H,18,22). The fourth-order valence-electron chi connectivity index (χ4n) is 2.13. The number of carbonyl (C=O) groups excluding carboxylic acids is 1. The van der Waals surface area contributed by atoms with Gasteiger partial charge in [-0.3, -0.25) is 4.79 Å². The molecule has 1 aromatic heterocycles. The first-order chi connectivity index (χ1) is 10.8. The molecule has 1 heterocycles. The van der Waals surface area contributed by atoms with E-state index in [0.29, 0.717) is 6.42 Å². The number of benzene rings is 2. The van der Waals surface area contributed by atoms with Crippen LogP contribution in [0.3, 0.4) is 0 Å². The predicted molar refractivity (Wildman–Crippen MR) is 82.5 cm³/mol. The van der Waals surface area contributed by atoms with E-state index in [-0.39, 0.29) is 5.91 Å². The Bertz CT molecular complexity index is 740. The second-order valence-corrected chi connectivity index (χ2v) is 4.84. The van der Waals surface area contributed by atoms with Crippen molar-refractivity contribution in [2.24, 2.45) is 0 Å². The van der Waals surface area contributed by atoms with Gasteiger partial charge in [-0.25, -0.2) is 4.68 Å². The zero-order valence-electron chi connectivity index (χ0n) is 11.9. The number of carbonyl (C=O) groups is 1. The average molecular weight is 293 g/mol. The van der Waals surface area contributed by atoms with Crippen molar-refractivity contribution in [1.82, 2.24) is 20.2 Å². The van der Waals surface area contributed by atoms with Gasteiger partial charge in [-0.1, -0.05) is 36.4 Å². The van der Waals surface area contributed by atoms with Gasteiger partial charge in [0, 0.05) is 12.1 Å². The second-order valence-electron chi connectivity index (χ2n) is 4.84. The van der Waals surface area contributed by atoms with Crippen molar-refractivity contribution in [3.05, 3.63) is 66.5 Å². The molecule has 0 spiro atoms. The molecule has 0 aliphatic carbocycles. The van der Waals surface area contributed by atoms with E-state index in [1.807, 2.05) is 54.6 Å². The Morgan fingerprint density at radius 1 is 1.09 bits per heavy atom. The van der Waals surface area contributed by atoms with E-state index >= 15 is 0 Å². The van der Waals surface area contributed by atoms with Crippen LogP contribution in [-0.2, 0) is 11.2 Å². The Kier molecular flexibility index (Phi) is 4.20. The third kappa shape index (κ3) is 3.54. The molecule has 110 valence electrons. The van der Waals surface area contributed by atoms with E-state index in [4.69, 9.17) is 0 Å². The number of nitrogens with zero attached hydrogens (tertiary/aromatic N) is 4. The minimum absolute atomic E-state index is 0.0160. The zero-order valence-corrected chi connectivity index (χ0v) is 11.9. The molecule has 0 aliphatic rings. The Balaban J connectivity index is 1.61. The molecule has 0 aliphatic heterocycles. The monoisotopic (exact) mass is 293 g/mol. The van der Waals surface area contributed by atoms with Crippen LogP contribution in [0.25, 0.3) is 5.69 Å². The number of aryl methyl sites for hydroxylation is 1. The van der Waals surface area contributed by atoms with Gasteiger partial charge in [0.2, 0.25) is 5.91 Å². The number of aromatic nitrogens is 4. The lowest BCUT2D eigenvalue weighted by atomic mass is 10.1. The molecule has 0 saturated carbocycles. The predicted octanol–water partition coefficient (Wildman–Crippen LogP) is 2.23. The highest BCUT2D eigenvalue weighted by Crippen LogP contribution is 2.14. The summed E-state index contributed by atoms with van der Waals surface area (Å²) in [5, 5.41) is 13.9. The van der Waals surface area contributed by atoms with Crippen molar-refractivity contribution >= 4 is 11.6 Å². The van der Waals surface area contributed by atoms with Gasteiger partial charge >= 0.3 is 0 Å². The van der Waals surface area contributed by atoms with E-state index in [1.54, 1.807) is 4.68 Å². The second kappa shape index (κ2) is 6.62. The largest absolute Gasteiger partial charge is 0.326 e. The summed E-state index contributed by atoms with van der Waals surface area (Å²) in [5.41, 5.74) is 2.68. The van der Waals surface area contributed by atoms with Gasteiger partial charge in [0.05, 0.1) is 5.69 Å². The molecule has 0 fully saturated rings. The summed E-state index contributed by atoms with van der Waals surface area (Å²) >= 11 is 0. The first kappa shape index (κ1) is 13.9. The lowest BCUT2D eigenvalue weighted by Crippen LogP contribution is -2.12. The van der Waals surface area contributed by atoms with Gasteiger partial charge in [-0.15, -0.1) is 5.10 Å². The molecular formula is C16H15N5O. The fourth-order valence-corrected chi connectivity index (χ4v) is 2.13. The highest BCUT2D eigenvalue weighted by Gasteiger charge is 2.05. The molecule has 3 aromatic rings. The summed E-state index contributed by atoms with van der Waals surface area (Å²) in [6.45, 7) is 0. The molecule has 0 atom stereocenters. The minimum atomic E-state index is -0.0160. The van der Waals surface area contributed by atoms with Crippen molar-refractivity contribution in [1.29, 1.82) is 0 Å². The highest BCUT2D eigenvalue weighted by atomic mass is 16.1. The number of anilines is 1. The van der Waals surface area contributed by atoms with Crippen molar-refractivity contribution in [2.45, 2.75) is 12.8 Å². The van der Waals surface area contributed by atoms with Gasteiger partial charge in [0.25, 0.3) is 0 Å². The zero-order chi connectivity index (χ0) is 15.2. The average Bonchev–Trinajstić information content (AvgIpc) is 3.09. The first-order valence-corrected chi connectivity index (χ1v) is 6.98. The number of nitrogens with one attached hydrogen (secondary N) is 1. The van der Waals surface area contributed by atoms with E-state index in [1.165, 1.54) is 6.33 Å². The first-order valence-electron chi connectivity index (χ1n) is 6.98. The molecule has 1 amide bonds. The molecule has 0 bridgehead atoms. The molecule has 1 N–H and O–H groups in total. The lowest BCUT2D eigenvalue weighted by molar-refractivity contribution is -0.116. The third-order valence-corrected chi connectivity index (χ3v) is 3.23. The van der Waals surface area contributed by atoms with E-state index in [9.17, 15) is 4.79 Å². The maximum absolute atomic E-state index is 12.0. The lowest BCUT2D eigenvalue weighted by Gasteiger charge is -2.07. The maximum atomic E-state index is 12.0. The summed E-state index contributed by atoms with van der Waals surface area (Å²) in [6.07, 6.45) is 2.68. The van der Waals surface area contributed by atoms with Crippen LogP contribution in [0.15, 0.2) is 60.9 Å². The molecule has 3 rings (SSSR count). The van der Waals surface area contributed by atoms with Crippen molar-refractivity contribution < 1.29 is 4.79 Å². The SMILES string of the molecule is O=C(CCc1ccccc1)Nc1cccc(-n2cnnn2)c1. The summed E-state index contributed by atoms with van der Waals surface area (Å²) in [6, 6.07) is 17.3. The Morgan fingerprint density at radius 2 is 1.95 bits per heavy atom. The Hall–Kier alpha value is -3.02. The molecule has 22 heavy (non-hydrogen) atoms. The normalized spacial score (nSPS) is 10.4. The maximum Gasteiger partial charge on any atom is 0.224 e. The van der Waals surface area contributed by atoms with Crippen LogP contribution >= 0.6 is 0 Å². The summed E-state index contributed by atoms with van der Waals surface area (Å²) in [4.78, 5) is 12.0. The van der Waals surface area contributed by atoms with E-state index in [2.05, 4.69) is 20.8 Å². The molecule has 0 unspecified atom stereocenters. The van der Waals surface area contributed by atoms with Gasteiger partial charge < -0.3 is 5.32 Å². The van der Waals surface area contributed by atoms with Crippen LogP contribution in [0.5, 0.6) is 0 Å². The number of hydrogen-bond donors (Lipinski definition) is 1. The summed E-state index contributed by atoms with van der Waals surface area (Å²) in [7, 11) is 0. The van der Waals surface area contributed by atoms with Crippen molar-refractivity contribution in [3.63, 3.8) is 0 Å². The van der Waals surface area contributed by atoms with Crippen LogP contribution in [0.4, 0.5) is 5.69 Å². The van der Waals surface area contributed by atoms with Crippen LogP contribution < -0.4 is 5.32 Å². The molecular weight excluding hydrogens is 278 g/mol. The Labute approximate surface area is 127 Å². The fraction of sp³-hybridized carbons (Fsp3) is 0.125. The molecule has 0 saturated heterocycles. The molecule has 0 radical (unpaired) electrons. The molecule has 6 heteroatoms. The Morgan fingerprint density at radius 3 is 2.73 bits per heavy atom. The van der Waals surface area contributed by atoms with Crippen LogP contribution in [-0.4, -0.2) is 26.1 Å².